The van der Waals surface area contributed by atoms with Crippen LogP contribution < -0.4 is 5.32 Å². The molecule has 0 spiro atoms. The maximum Gasteiger partial charge on any atom is 0.268 e. The van der Waals surface area contributed by atoms with Crippen LogP contribution in [-0.4, -0.2) is 15.6 Å². The van der Waals surface area contributed by atoms with Gasteiger partial charge in [-0.3, -0.25) is 4.79 Å². The van der Waals surface area contributed by atoms with Crippen LogP contribution in [0.3, 0.4) is 0 Å². The first-order chi connectivity index (χ1) is 9.02. The minimum absolute atomic E-state index is 0.104. The normalized spacial score (nSPS) is 10.7. The van der Waals surface area contributed by atoms with Crippen molar-refractivity contribution in [2.45, 2.75) is 33.9 Å². The van der Waals surface area contributed by atoms with Gasteiger partial charge in [0, 0.05) is 29.3 Å². The molecule has 0 fully saturated rings. The van der Waals surface area contributed by atoms with Gasteiger partial charge in [0.1, 0.15) is 11.5 Å². The van der Waals surface area contributed by atoms with Gasteiger partial charge in [0.2, 0.25) is 0 Å². The van der Waals surface area contributed by atoms with Gasteiger partial charge >= 0.3 is 0 Å². The van der Waals surface area contributed by atoms with E-state index in [2.05, 4.69) is 26.4 Å². The lowest BCUT2D eigenvalue weighted by Gasteiger charge is -2.07. The molecule has 0 aromatic carbocycles. The van der Waals surface area contributed by atoms with Gasteiger partial charge < -0.3 is 14.4 Å². The third kappa shape index (κ3) is 2.89. The van der Waals surface area contributed by atoms with E-state index in [0.717, 1.165) is 28.0 Å². The molecule has 6 heteroatoms. The Morgan fingerprint density at radius 2 is 2.26 bits per heavy atom. The summed E-state index contributed by atoms with van der Waals surface area (Å²) in [6.07, 6.45) is 1.89. The minimum atomic E-state index is -0.104. The highest BCUT2D eigenvalue weighted by molar-refractivity contribution is 9.10. The lowest BCUT2D eigenvalue weighted by molar-refractivity contribution is 0.0941. The van der Waals surface area contributed by atoms with Gasteiger partial charge in [-0.1, -0.05) is 5.16 Å². The lowest BCUT2D eigenvalue weighted by Crippen LogP contribution is -2.25. The number of rotatable bonds is 4. The highest BCUT2D eigenvalue weighted by Gasteiger charge is 2.14. The van der Waals surface area contributed by atoms with Crippen molar-refractivity contribution in [2.75, 3.05) is 0 Å². The predicted molar refractivity (Wildman–Crippen MR) is 75.0 cm³/mol. The number of amides is 1. The van der Waals surface area contributed by atoms with Gasteiger partial charge in [-0.2, -0.15) is 0 Å². The number of nitrogens with zero attached hydrogens (tertiary/aromatic N) is 2. The Labute approximate surface area is 120 Å². The summed E-state index contributed by atoms with van der Waals surface area (Å²) in [7, 11) is 0. The molecule has 5 nitrogen and oxygen atoms in total. The highest BCUT2D eigenvalue weighted by atomic mass is 79.9. The minimum Gasteiger partial charge on any atom is -0.361 e. The molecule has 2 aromatic rings. The largest absolute Gasteiger partial charge is 0.361 e. The van der Waals surface area contributed by atoms with Crippen LogP contribution in [0.15, 0.2) is 21.3 Å². The molecule has 0 saturated carbocycles. The summed E-state index contributed by atoms with van der Waals surface area (Å²) >= 11 is 3.38. The Balaban J connectivity index is 2.09. The highest BCUT2D eigenvalue weighted by Crippen LogP contribution is 2.16. The van der Waals surface area contributed by atoms with Crippen molar-refractivity contribution in [3.8, 4) is 0 Å². The van der Waals surface area contributed by atoms with Crippen molar-refractivity contribution in [1.82, 2.24) is 15.0 Å². The average Bonchev–Trinajstić information content (AvgIpc) is 2.91. The first-order valence-corrected chi connectivity index (χ1v) is 6.87. The fourth-order valence-corrected chi connectivity index (χ4v) is 2.40. The molecule has 1 amide bonds. The molecular weight excluding hydrogens is 310 g/mol. The summed E-state index contributed by atoms with van der Waals surface area (Å²) in [6.45, 7) is 6.87. The average molecular weight is 326 g/mol. The van der Waals surface area contributed by atoms with E-state index >= 15 is 0 Å². The first-order valence-electron chi connectivity index (χ1n) is 6.08. The lowest BCUT2D eigenvalue weighted by atomic mass is 10.2. The summed E-state index contributed by atoms with van der Waals surface area (Å²) in [5.41, 5.74) is 2.38. The zero-order chi connectivity index (χ0) is 14.0. The first kappa shape index (κ1) is 13.9. The van der Waals surface area contributed by atoms with Crippen molar-refractivity contribution in [1.29, 1.82) is 0 Å². The van der Waals surface area contributed by atoms with Gasteiger partial charge in [0.05, 0.1) is 5.69 Å². The van der Waals surface area contributed by atoms with Crippen LogP contribution in [0.4, 0.5) is 0 Å². The van der Waals surface area contributed by atoms with E-state index in [1.165, 1.54) is 0 Å². The van der Waals surface area contributed by atoms with Gasteiger partial charge in [0.25, 0.3) is 5.91 Å². The van der Waals surface area contributed by atoms with Gasteiger partial charge in [-0.05, 0) is 42.8 Å². The van der Waals surface area contributed by atoms with E-state index < -0.39 is 0 Å². The Kier molecular flexibility index (Phi) is 4.09. The quantitative estimate of drug-likeness (QED) is 0.940. The summed E-state index contributed by atoms with van der Waals surface area (Å²) in [6, 6.07) is 1.81. The molecule has 0 saturated heterocycles. The zero-order valence-electron chi connectivity index (χ0n) is 11.2. The fourth-order valence-electron chi connectivity index (χ4n) is 1.94. The second-order valence-corrected chi connectivity index (χ2v) is 5.23. The molecule has 0 aliphatic carbocycles. The Bertz CT molecular complexity index is 582. The molecule has 19 heavy (non-hydrogen) atoms. The van der Waals surface area contributed by atoms with Gasteiger partial charge in [-0.25, -0.2) is 0 Å². The van der Waals surface area contributed by atoms with Crippen LogP contribution in [0.5, 0.6) is 0 Å². The number of aromatic nitrogens is 2. The Morgan fingerprint density at radius 3 is 2.84 bits per heavy atom. The van der Waals surface area contributed by atoms with E-state index in [1.807, 2.05) is 37.6 Å². The topological polar surface area (TPSA) is 60.1 Å². The molecule has 0 unspecified atom stereocenters. The molecule has 102 valence electrons. The van der Waals surface area contributed by atoms with Crippen molar-refractivity contribution >= 4 is 21.8 Å². The monoisotopic (exact) mass is 325 g/mol. The van der Waals surface area contributed by atoms with Crippen LogP contribution in [0.25, 0.3) is 0 Å². The van der Waals surface area contributed by atoms with E-state index in [9.17, 15) is 4.79 Å². The second-order valence-electron chi connectivity index (χ2n) is 4.31. The molecule has 0 atom stereocenters. The predicted octanol–water partition coefficient (Wildman–Crippen LogP) is 2.81. The van der Waals surface area contributed by atoms with Crippen molar-refractivity contribution in [2.24, 2.45) is 0 Å². The maximum absolute atomic E-state index is 12.2. The molecule has 0 radical (unpaired) electrons. The number of nitrogens with one attached hydrogen (secondary N) is 1. The number of hydrogen-bond acceptors (Lipinski definition) is 3. The molecule has 2 rings (SSSR count). The molecule has 0 bridgehead atoms. The molecule has 1 N–H and O–H groups in total. The molecular formula is C13H16BrN3O2. The number of hydrogen-bond donors (Lipinski definition) is 1. The van der Waals surface area contributed by atoms with Crippen molar-refractivity contribution in [3.63, 3.8) is 0 Å². The zero-order valence-corrected chi connectivity index (χ0v) is 12.7. The summed E-state index contributed by atoms with van der Waals surface area (Å²) in [5, 5.41) is 6.76. The molecule has 2 aromatic heterocycles. The van der Waals surface area contributed by atoms with Crippen LogP contribution in [0.1, 0.15) is 34.4 Å². The standard InChI is InChI=1S/C13H16BrN3O2/c1-4-17-7-10(14)5-12(17)13(18)15-6-11-8(2)16-19-9(11)3/h5,7H,4,6H2,1-3H3,(H,15,18). The fraction of sp³-hybridized carbons (Fsp3) is 0.385. The van der Waals surface area contributed by atoms with Crippen LogP contribution in [0, 0.1) is 13.8 Å². The third-order valence-corrected chi connectivity index (χ3v) is 3.48. The third-order valence-electron chi connectivity index (χ3n) is 3.04. The molecule has 0 aliphatic heterocycles. The van der Waals surface area contributed by atoms with E-state index in [-0.39, 0.29) is 5.91 Å². The number of carbonyl (C=O) groups excluding carboxylic acids is 1. The van der Waals surface area contributed by atoms with E-state index in [0.29, 0.717) is 12.2 Å². The van der Waals surface area contributed by atoms with Crippen LogP contribution in [0.2, 0.25) is 0 Å². The second kappa shape index (κ2) is 5.61. The molecule has 2 heterocycles. The summed E-state index contributed by atoms with van der Waals surface area (Å²) in [5.74, 6) is 0.636. The van der Waals surface area contributed by atoms with E-state index in [1.54, 1.807) is 0 Å². The van der Waals surface area contributed by atoms with Crippen molar-refractivity contribution in [3.05, 3.63) is 39.4 Å². The maximum atomic E-state index is 12.2. The van der Waals surface area contributed by atoms with Crippen LogP contribution in [-0.2, 0) is 13.1 Å². The van der Waals surface area contributed by atoms with Gasteiger partial charge in [0.15, 0.2) is 0 Å². The summed E-state index contributed by atoms with van der Waals surface area (Å²) < 4.78 is 7.86. The SMILES string of the molecule is CCn1cc(Br)cc1C(=O)NCc1c(C)noc1C. The number of carbonyl (C=O) groups is 1. The smallest absolute Gasteiger partial charge is 0.268 e. The van der Waals surface area contributed by atoms with Gasteiger partial charge in [-0.15, -0.1) is 0 Å². The number of halogens is 1. The Morgan fingerprint density at radius 1 is 1.53 bits per heavy atom. The van der Waals surface area contributed by atoms with E-state index in [4.69, 9.17) is 4.52 Å². The summed E-state index contributed by atoms with van der Waals surface area (Å²) in [4.78, 5) is 12.2. The Hall–Kier alpha value is -1.56. The van der Waals surface area contributed by atoms with Crippen molar-refractivity contribution < 1.29 is 9.32 Å². The van der Waals surface area contributed by atoms with Crippen LogP contribution >= 0.6 is 15.9 Å². The molecule has 0 aliphatic rings. The number of aryl methyl sites for hydroxylation is 3.